The molecule has 0 aromatic heterocycles. The number of aliphatic carboxylic acids is 1. The van der Waals surface area contributed by atoms with E-state index in [0.717, 1.165) is 5.56 Å². The van der Waals surface area contributed by atoms with Gasteiger partial charge < -0.3 is 14.9 Å². The average Bonchev–Trinajstić information content (AvgIpc) is 2.95. The second-order valence-electron chi connectivity index (χ2n) is 6.80. The molecule has 1 N–H and O–H groups in total. The monoisotopic (exact) mass is 332 g/mol. The summed E-state index contributed by atoms with van der Waals surface area (Å²) in [6.07, 6.45) is 0.121. The topological polar surface area (TPSA) is 77.9 Å². The van der Waals surface area contributed by atoms with Crippen molar-refractivity contribution in [2.45, 2.75) is 38.8 Å². The SMILES string of the molecule is CC(c1ccccc1)N1CC(C(=O)N(C)C(C)(C)C(=O)O)CC1=O. The van der Waals surface area contributed by atoms with Crippen LogP contribution >= 0.6 is 0 Å². The largest absolute Gasteiger partial charge is 0.480 e. The van der Waals surface area contributed by atoms with Crippen molar-refractivity contribution in [1.29, 1.82) is 0 Å². The zero-order chi connectivity index (χ0) is 18.1. The van der Waals surface area contributed by atoms with Crippen LogP contribution in [0.2, 0.25) is 0 Å². The second-order valence-corrected chi connectivity index (χ2v) is 6.80. The van der Waals surface area contributed by atoms with Gasteiger partial charge in [-0.1, -0.05) is 30.3 Å². The van der Waals surface area contributed by atoms with E-state index in [1.807, 2.05) is 37.3 Å². The molecule has 2 amide bonds. The maximum absolute atomic E-state index is 12.6. The molecule has 0 spiro atoms. The molecule has 0 aliphatic carbocycles. The Morgan fingerprint density at radius 3 is 2.42 bits per heavy atom. The Hall–Kier alpha value is -2.37. The van der Waals surface area contributed by atoms with E-state index >= 15 is 0 Å². The third-order valence-electron chi connectivity index (χ3n) is 4.95. The van der Waals surface area contributed by atoms with Crippen molar-refractivity contribution in [3.8, 4) is 0 Å². The molecule has 0 bridgehead atoms. The van der Waals surface area contributed by atoms with E-state index in [1.54, 1.807) is 4.90 Å². The molecule has 6 nitrogen and oxygen atoms in total. The van der Waals surface area contributed by atoms with Gasteiger partial charge >= 0.3 is 5.97 Å². The van der Waals surface area contributed by atoms with Crippen molar-refractivity contribution in [3.63, 3.8) is 0 Å². The molecule has 2 atom stereocenters. The summed E-state index contributed by atoms with van der Waals surface area (Å²) in [7, 11) is 1.48. The van der Waals surface area contributed by atoms with Gasteiger partial charge in [0.25, 0.3) is 0 Å². The molecule has 130 valence electrons. The Morgan fingerprint density at radius 1 is 1.29 bits per heavy atom. The Bertz CT molecular complexity index is 642. The molecule has 1 aromatic carbocycles. The predicted molar refractivity (Wildman–Crippen MR) is 89.2 cm³/mol. The van der Waals surface area contributed by atoms with E-state index in [-0.39, 0.29) is 24.3 Å². The van der Waals surface area contributed by atoms with Crippen molar-refractivity contribution < 1.29 is 19.5 Å². The lowest BCUT2D eigenvalue weighted by Crippen LogP contribution is -2.52. The first-order valence-corrected chi connectivity index (χ1v) is 8.01. The summed E-state index contributed by atoms with van der Waals surface area (Å²) in [5.74, 6) is -1.96. The van der Waals surface area contributed by atoms with Crippen LogP contribution < -0.4 is 0 Å². The summed E-state index contributed by atoms with van der Waals surface area (Å²) in [5.41, 5.74) is -0.295. The number of likely N-dealkylation sites (N-methyl/N-ethyl adjacent to an activating group) is 1. The van der Waals surface area contributed by atoms with Crippen molar-refractivity contribution in [2.75, 3.05) is 13.6 Å². The van der Waals surface area contributed by atoms with Crippen LogP contribution in [0.3, 0.4) is 0 Å². The third-order valence-corrected chi connectivity index (χ3v) is 4.95. The molecular weight excluding hydrogens is 308 g/mol. The second kappa shape index (κ2) is 6.63. The fraction of sp³-hybridized carbons (Fsp3) is 0.500. The maximum atomic E-state index is 12.6. The van der Waals surface area contributed by atoms with Gasteiger partial charge in [0.2, 0.25) is 11.8 Å². The van der Waals surface area contributed by atoms with Gasteiger partial charge in [-0.2, -0.15) is 0 Å². The Balaban J connectivity index is 2.12. The van der Waals surface area contributed by atoms with Gasteiger partial charge in [-0.25, -0.2) is 4.79 Å². The van der Waals surface area contributed by atoms with Crippen LogP contribution in [0.4, 0.5) is 0 Å². The lowest BCUT2D eigenvalue weighted by molar-refractivity contribution is -0.156. The van der Waals surface area contributed by atoms with Crippen LogP contribution in [0.5, 0.6) is 0 Å². The fourth-order valence-electron chi connectivity index (χ4n) is 2.88. The van der Waals surface area contributed by atoms with E-state index in [1.165, 1.54) is 25.8 Å². The maximum Gasteiger partial charge on any atom is 0.329 e. The minimum Gasteiger partial charge on any atom is -0.480 e. The highest BCUT2D eigenvalue weighted by Crippen LogP contribution is 2.30. The quantitative estimate of drug-likeness (QED) is 0.893. The number of carboxylic acids is 1. The molecule has 2 rings (SSSR count). The minimum absolute atomic E-state index is 0.0776. The summed E-state index contributed by atoms with van der Waals surface area (Å²) in [5, 5.41) is 9.27. The lowest BCUT2D eigenvalue weighted by atomic mass is 9.99. The first-order valence-electron chi connectivity index (χ1n) is 8.01. The number of carbonyl (C=O) groups is 3. The number of benzene rings is 1. The van der Waals surface area contributed by atoms with Crippen LogP contribution in [0, 0.1) is 5.92 Å². The van der Waals surface area contributed by atoms with Gasteiger partial charge in [0, 0.05) is 20.0 Å². The van der Waals surface area contributed by atoms with Crippen LogP contribution in [0.15, 0.2) is 30.3 Å². The first-order chi connectivity index (χ1) is 11.2. The third kappa shape index (κ3) is 3.27. The number of carboxylic acid groups (broad SMARTS) is 1. The molecule has 1 aromatic rings. The Kier molecular flexibility index (Phi) is 4.96. The van der Waals surface area contributed by atoms with E-state index in [4.69, 9.17) is 0 Å². The van der Waals surface area contributed by atoms with Gasteiger partial charge in [-0.05, 0) is 26.3 Å². The molecule has 1 aliphatic heterocycles. The molecule has 0 radical (unpaired) electrons. The van der Waals surface area contributed by atoms with E-state index in [9.17, 15) is 19.5 Å². The highest BCUT2D eigenvalue weighted by atomic mass is 16.4. The highest BCUT2D eigenvalue weighted by Gasteiger charge is 2.43. The van der Waals surface area contributed by atoms with Gasteiger partial charge in [-0.15, -0.1) is 0 Å². The normalized spacial score (nSPS) is 19.2. The van der Waals surface area contributed by atoms with Crippen LogP contribution in [0.1, 0.15) is 38.8 Å². The summed E-state index contributed by atoms with van der Waals surface area (Å²) in [6.45, 7) is 5.21. The van der Waals surface area contributed by atoms with Crippen LogP contribution in [0.25, 0.3) is 0 Å². The molecule has 24 heavy (non-hydrogen) atoms. The number of amides is 2. The molecule has 2 unspecified atom stereocenters. The minimum atomic E-state index is -1.31. The molecule has 1 fully saturated rings. The van der Waals surface area contributed by atoms with E-state index < -0.39 is 17.4 Å². The zero-order valence-electron chi connectivity index (χ0n) is 14.5. The van der Waals surface area contributed by atoms with Crippen molar-refractivity contribution in [2.24, 2.45) is 5.92 Å². The fourth-order valence-corrected chi connectivity index (χ4v) is 2.88. The summed E-state index contributed by atoms with van der Waals surface area (Å²) < 4.78 is 0. The van der Waals surface area contributed by atoms with Gasteiger partial charge in [0.15, 0.2) is 0 Å². The number of nitrogens with zero attached hydrogens (tertiary/aromatic N) is 2. The van der Waals surface area contributed by atoms with Gasteiger partial charge in [0.1, 0.15) is 5.54 Å². The number of likely N-dealkylation sites (tertiary alicyclic amines) is 1. The van der Waals surface area contributed by atoms with E-state index in [0.29, 0.717) is 6.54 Å². The van der Waals surface area contributed by atoms with Crippen molar-refractivity contribution >= 4 is 17.8 Å². The number of rotatable bonds is 5. The molecular formula is C18H24N2O4. The van der Waals surface area contributed by atoms with Crippen LogP contribution in [-0.4, -0.2) is 51.8 Å². The molecule has 6 heteroatoms. The molecule has 1 heterocycles. The zero-order valence-corrected chi connectivity index (χ0v) is 14.5. The van der Waals surface area contributed by atoms with Crippen molar-refractivity contribution in [1.82, 2.24) is 9.80 Å². The molecule has 1 saturated heterocycles. The Morgan fingerprint density at radius 2 is 1.88 bits per heavy atom. The van der Waals surface area contributed by atoms with Crippen molar-refractivity contribution in [3.05, 3.63) is 35.9 Å². The standard InChI is InChI=1S/C18H24N2O4/c1-12(13-8-6-5-7-9-13)20-11-14(10-15(20)21)16(22)19(4)18(2,3)17(23)24/h5-9,12,14H,10-11H2,1-4H3,(H,23,24). The van der Waals surface area contributed by atoms with Gasteiger partial charge in [0.05, 0.1) is 12.0 Å². The molecule has 0 saturated carbocycles. The average molecular weight is 332 g/mol. The van der Waals surface area contributed by atoms with Crippen LogP contribution in [-0.2, 0) is 14.4 Å². The smallest absolute Gasteiger partial charge is 0.329 e. The summed E-state index contributed by atoms with van der Waals surface area (Å²) in [4.78, 5) is 39.2. The number of carbonyl (C=O) groups excluding carboxylic acids is 2. The number of hydrogen-bond acceptors (Lipinski definition) is 3. The lowest BCUT2D eigenvalue weighted by Gasteiger charge is -2.33. The molecule has 1 aliphatic rings. The summed E-state index contributed by atoms with van der Waals surface area (Å²) in [6, 6.07) is 9.53. The van der Waals surface area contributed by atoms with Gasteiger partial charge in [-0.3, -0.25) is 9.59 Å². The highest BCUT2D eigenvalue weighted by molar-refractivity contribution is 5.92. The Labute approximate surface area is 142 Å². The van der Waals surface area contributed by atoms with E-state index in [2.05, 4.69) is 0 Å². The summed E-state index contributed by atoms with van der Waals surface area (Å²) >= 11 is 0. The first kappa shape index (κ1) is 18.0. The number of hydrogen-bond donors (Lipinski definition) is 1. The predicted octanol–water partition coefficient (Wildman–Crippen LogP) is 1.92.